The maximum Gasteiger partial charge on any atom is 0.204 e. The van der Waals surface area contributed by atoms with Gasteiger partial charge in [-0.1, -0.05) is 15.9 Å². The number of aromatic nitrogens is 2. The van der Waals surface area contributed by atoms with E-state index in [4.69, 9.17) is 0 Å². The fourth-order valence-corrected chi connectivity index (χ4v) is 1.76. The van der Waals surface area contributed by atoms with E-state index in [0.717, 1.165) is 0 Å². The van der Waals surface area contributed by atoms with Crippen molar-refractivity contribution in [2.45, 2.75) is 6.42 Å². The fourth-order valence-electron chi connectivity index (χ4n) is 1.37. The lowest BCUT2D eigenvalue weighted by Gasteiger charge is -2.03. The maximum absolute atomic E-state index is 13.0. The van der Waals surface area contributed by atoms with Crippen LogP contribution in [0.3, 0.4) is 0 Å². The van der Waals surface area contributed by atoms with Crippen molar-refractivity contribution in [3.05, 3.63) is 58.3 Å². The first-order chi connectivity index (χ1) is 8.16. The Bertz CT molecular complexity index is 545. The van der Waals surface area contributed by atoms with Crippen LogP contribution in [0.25, 0.3) is 0 Å². The third-order valence-corrected chi connectivity index (χ3v) is 2.95. The maximum atomic E-state index is 13.0. The average Bonchev–Trinajstić information content (AvgIpc) is 2.35. The largest absolute Gasteiger partial charge is 0.290 e. The number of hydrogen-bond acceptors (Lipinski definition) is 3. The van der Waals surface area contributed by atoms with Gasteiger partial charge in [-0.25, -0.2) is 14.4 Å². The van der Waals surface area contributed by atoms with Crippen molar-refractivity contribution in [2.24, 2.45) is 0 Å². The lowest BCUT2D eigenvalue weighted by atomic mass is 10.1. The predicted molar refractivity (Wildman–Crippen MR) is 64.2 cm³/mol. The summed E-state index contributed by atoms with van der Waals surface area (Å²) in [6.07, 6.45) is 3.07. The Kier molecular flexibility index (Phi) is 3.58. The molecule has 5 heteroatoms. The topological polar surface area (TPSA) is 42.9 Å². The van der Waals surface area contributed by atoms with Gasteiger partial charge in [0, 0.05) is 23.3 Å². The summed E-state index contributed by atoms with van der Waals surface area (Å²) in [5, 5.41) is 0. The smallest absolute Gasteiger partial charge is 0.204 e. The molecule has 0 bridgehead atoms. The molecular weight excluding hydrogens is 287 g/mol. The molecular formula is C12H8BrFN2O. The first kappa shape index (κ1) is 11.9. The molecule has 0 N–H and O–H groups in total. The van der Waals surface area contributed by atoms with Crippen molar-refractivity contribution in [1.29, 1.82) is 0 Å². The van der Waals surface area contributed by atoms with E-state index in [1.54, 1.807) is 12.1 Å². The zero-order chi connectivity index (χ0) is 12.3. The predicted octanol–water partition coefficient (Wildman–Crippen LogP) is 2.80. The van der Waals surface area contributed by atoms with E-state index in [9.17, 15) is 9.18 Å². The van der Waals surface area contributed by atoms with Gasteiger partial charge in [0.25, 0.3) is 0 Å². The molecule has 1 aromatic carbocycles. The molecule has 17 heavy (non-hydrogen) atoms. The highest BCUT2D eigenvalue weighted by molar-refractivity contribution is 9.10. The lowest BCUT2D eigenvalue weighted by Crippen LogP contribution is -2.08. The van der Waals surface area contributed by atoms with E-state index in [1.807, 2.05) is 0 Å². The molecule has 3 nitrogen and oxygen atoms in total. The van der Waals surface area contributed by atoms with Crippen LogP contribution in [0, 0.1) is 5.82 Å². The fraction of sp³-hybridized carbons (Fsp3) is 0.0833. The van der Waals surface area contributed by atoms with E-state index in [0.29, 0.717) is 10.0 Å². The highest BCUT2D eigenvalue weighted by atomic mass is 79.9. The second kappa shape index (κ2) is 5.14. The van der Waals surface area contributed by atoms with Gasteiger partial charge in [-0.05, 0) is 29.8 Å². The summed E-state index contributed by atoms with van der Waals surface area (Å²) in [4.78, 5) is 19.5. The molecule has 0 aliphatic carbocycles. The van der Waals surface area contributed by atoms with Gasteiger partial charge < -0.3 is 0 Å². The van der Waals surface area contributed by atoms with Crippen LogP contribution in [-0.2, 0) is 6.42 Å². The second-order valence-corrected chi connectivity index (χ2v) is 4.26. The van der Waals surface area contributed by atoms with Gasteiger partial charge in [-0.2, -0.15) is 0 Å². The minimum absolute atomic E-state index is 0.0718. The number of benzene rings is 1. The average molecular weight is 295 g/mol. The van der Waals surface area contributed by atoms with Crippen LogP contribution in [-0.4, -0.2) is 15.8 Å². The monoisotopic (exact) mass is 294 g/mol. The molecule has 0 atom stereocenters. The van der Waals surface area contributed by atoms with E-state index >= 15 is 0 Å². The molecule has 0 aliphatic heterocycles. The lowest BCUT2D eigenvalue weighted by molar-refractivity contribution is 0.0983. The van der Waals surface area contributed by atoms with Gasteiger partial charge in [0.15, 0.2) is 5.82 Å². The number of rotatable bonds is 3. The summed E-state index contributed by atoms with van der Waals surface area (Å²) in [6.45, 7) is 0. The van der Waals surface area contributed by atoms with Gasteiger partial charge >= 0.3 is 0 Å². The van der Waals surface area contributed by atoms with Gasteiger partial charge in [0.05, 0.1) is 0 Å². The SMILES string of the molecule is O=C(Cc1cc(F)ccc1Br)c1ncccn1. The third kappa shape index (κ3) is 2.94. The Labute approximate surface area is 106 Å². The van der Waals surface area contributed by atoms with Crippen molar-refractivity contribution in [2.75, 3.05) is 0 Å². The van der Waals surface area contributed by atoms with Crippen LogP contribution in [0.1, 0.15) is 16.2 Å². The van der Waals surface area contributed by atoms with Crippen LogP contribution in [0.2, 0.25) is 0 Å². The summed E-state index contributed by atoms with van der Waals surface area (Å²) in [5.41, 5.74) is 0.586. The minimum Gasteiger partial charge on any atom is -0.290 e. The highest BCUT2D eigenvalue weighted by Crippen LogP contribution is 2.19. The number of halogens is 2. The molecule has 0 saturated carbocycles. The number of carbonyl (C=O) groups excluding carboxylic acids is 1. The van der Waals surface area contributed by atoms with Gasteiger partial charge in [0.2, 0.25) is 5.78 Å². The molecule has 0 spiro atoms. The summed E-state index contributed by atoms with van der Waals surface area (Å²) < 4.78 is 13.7. The van der Waals surface area contributed by atoms with E-state index in [1.165, 1.54) is 24.5 Å². The minimum atomic E-state index is -0.370. The molecule has 0 radical (unpaired) electrons. The van der Waals surface area contributed by atoms with Crippen LogP contribution < -0.4 is 0 Å². The van der Waals surface area contributed by atoms with Crippen molar-refractivity contribution in [3.63, 3.8) is 0 Å². The molecule has 0 fully saturated rings. The quantitative estimate of drug-likeness (QED) is 0.818. The highest BCUT2D eigenvalue weighted by Gasteiger charge is 2.12. The van der Waals surface area contributed by atoms with Crippen molar-refractivity contribution < 1.29 is 9.18 Å². The van der Waals surface area contributed by atoms with Crippen molar-refractivity contribution >= 4 is 21.7 Å². The molecule has 1 aromatic heterocycles. The van der Waals surface area contributed by atoms with Gasteiger partial charge in [-0.3, -0.25) is 4.79 Å². The molecule has 0 amide bonds. The van der Waals surface area contributed by atoms with Gasteiger partial charge in [-0.15, -0.1) is 0 Å². The normalized spacial score (nSPS) is 10.2. The van der Waals surface area contributed by atoms with Crippen molar-refractivity contribution in [3.8, 4) is 0 Å². The Morgan fingerprint density at radius 2 is 2.00 bits per heavy atom. The van der Waals surface area contributed by atoms with E-state index in [2.05, 4.69) is 25.9 Å². The van der Waals surface area contributed by atoms with E-state index in [-0.39, 0.29) is 23.8 Å². The molecule has 1 heterocycles. The number of hydrogen-bond donors (Lipinski definition) is 0. The first-order valence-electron chi connectivity index (χ1n) is 4.91. The molecule has 0 unspecified atom stereocenters. The summed E-state index contributed by atoms with van der Waals surface area (Å²) in [5.74, 6) is -0.467. The molecule has 86 valence electrons. The Balaban J connectivity index is 2.22. The van der Waals surface area contributed by atoms with Gasteiger partial charge in [0.1, 0.15) is 5.82 Å². The molecule has 0 aliphatic rings. The van der Waals surface area contributed by atoms with Crippen LogP contribution in [0.4, 0.5) is 4.39 Å². The second-order valence-electron chi connectivity index (χ2n) is 3.41. The number of nitrogens with zero attached hydrogens (tertiary/aromatic N) is 2. The molecule has 2 aromatic rings. The standard InChI is InChI=1S/C12H8BrFN2O/c13-10-3-2-9(14)6-8(10)7-11(17)12-15-4-1-5-16-12/h1-6H,7H2. The molecule has 0 saturated heterocycles. The van der Waals surface area contributed by atoms with E-state index < -0.39 is 0 Å². The van der Waals surface area contributed by atoms with Crippen LogP contribution in [0.15, 0.2) is 41.1 Å². The molecule has 2 rings (SSSR count). The number of Topliss-reactive ketones (excluding diaryl/α,β-unsaturated/α-hetero) is 1. The summed E-state index contributed by atoms with van der Waals surface area (Å²) in [7, 11) is 0. The Morgan fingerprint density at radius 3 is 2.71 bits per heavy atom. The van der Waals surface area contributed by atoms with Crippen LogP contribution >= 0.6 is 15.9 Å². The summed E-state index contributed by atoms with van der Waals surface area (Å²) in [6, 6.07) is 5.86. The van der Waals surface area contributed by atoms with Crippen molar-refractivity contribution in [1.82, 2.24) is 9.97 Å². The van der Waals surface area contributed by atoms with Crippen LogP contribution in [0.5, 0.6) is 0 Å². The number of carbonyl (C=O) groups is 1. The zero-order valence-corrected chi connectivity index (χ0v) is 10.3. The zero-order valence-electron chi connectivity index (χ0n) is 8.73. The first-order valence-corrected chi connectivity index (χ1v) is 5.70. The Morgan fingerprint density at radius 1 is 1.29 bits per heavy atom. The Hall–Kier alpha value is -1.62. The third-order valence-electron chi connectivity index (χ3n) is 2.17. The number of ketones is 1. The summed E-state index contributed by atoms with van der Waals surface area (Å²) >= 11 is 3.27.